The molecule has 8 aromatic carbocycles. The number of rotatable bonds is 13. The minimum Gasteiger partial charge on any atom is -0.535 e. The zero-order valence-corrected chi connectivity index (χ0v) is 45.2. The van der Waals surface area contributed by atoms with E-state index >= 15 is 0 Å². The number of benzene rings is 8. The second-order valence-electron chi connectivity index (χ2n) is 17.2. The Morgan fingerprint density at radius 1 is 0.419 bits per heavy atom. The van der Waals surface area contributed by atoms with Crippen LogP contribution in [-0.4, -0.2) is 53.7 Å². The number of hydrogen-bond acceptors (Lipinski definition) is 12. The topological polar surface area (TPSA) is 160 Å². The van der Waals surface area contributed by atoms with Gasteiger partial charge in [0.05, 0.1) is 19.9 Å². The van der Waals surface area contributed by atoms with Crippen LogP contribution in [0, 0.1) is 81.4 Å². The zero-order valence-electron chi connectivity index (χ0n) is 42.8. The Hall–Kier alpha value is -9.19. The van der Waals surface area contributed by atoms with Crippen LogP contribution in [0.4, 0.5) is 61.5 Å². The maximum absolute atomic E-state index is 14.0. The predicted octanol–water partition coefficient (Wildman–Crippen LogP) is 14.2. The lowest BCUT2D eigenvalue weighted by Gasteiger charge is -2.14. The highest BCUT2D eigenvalue weighted by atomic mass is 35.5. The van der Waals surface area contributed by atoms with E-state index in [0.29, 0.717) is 63.3 Å². The lowest BCUT2D eigenvalue weighted by atomic mass is 9.99. The van der Waals surface area contributed by atoms with Crippen molar-refractivity contribution in [3.05, 3.63) is 220 Å². The molecule has 443 valence electrons. The first-order valence-electron chi connectivity index (χ1n) is 23.4. The molecule has 0 fully saturated rings. The number of halogens is 15. The molecule has 0 amide bonds. The van der Waals surface area contributed by atoms with Crippen LogP contribution in [0.15, 0.2) is 144 Å². The summed E-state index contributed by atoms with van der Waals surface area (Å²) in [4.78, 5) is 6.87. The molecule has 0 saturated heterocycles. The van der Waals surface area contributed by atoms with Crippen LogP contribution in [0.5, 0.6) is 28.7 Å². The molecular formula is C56H29BClF14N2O10S2. The third-order valence-corrected chi connectivity index (χ3v) is 14.7. The molecule has 0 unspecified atom stereocenters. The summed E-state index contributed by atoms with van der Waals surface area (Å²) in [7, 11) is -6.66. The lowest BCUT2D eigenvalue weighted by Crippen LogP contribution is -2.14. The first-order chi connectivity index (χ1) is 40.7. The Kier molecular flexibility index (Phi) is 18.7. The van der Waals surface area contributed by atoms with Crippen LogP contribution in [0.25, 0.3) is 55.1 Å². The van der Waals surface area contributed by atoms with Crippen molar-refractivity contribution in [1.29, 1.82) is 0 Å². The van der Waals surface area contributed by atoms with E-state index in [-0.39, 0.29) is 21.9 Å². The quantitative estimate of drug-likeness (QED) is 0.0291. The molecule has 2 aromatic heterocycles. The van der Waals surface area contributed by atoms with Crippen LogP contribution in [0.3, 0.4) is 0 Å². The molecule has 0 bridgehead atoms. The van der Waals surface area contributed by atoms with Gasteiger partial charge in [0.25, 0.3) is 0 Å². The molecule has 10 rings (SSSR count). The minimum absolute atomic E-state index is 0.0760. The SMILES string of the molecule is COc1cc(-c2cc(F)cc(F)c2)ccc1-c1nccc2cc(S(=O)(=O)Oc3c(F)c(F)c(F)c(F)c3F)ccc12.COc1cc(-c2cc(F)cc(F)c2)ccc1O[B]O.O=S(=O)(Oc1c(F)c(F)c(F)c(F)c1F)c1ccc2c(Cl)nccc2c1. The summed E-state index contributed by atoms with van der Waals surface area (Å²) >= 11 is 5.83. The monoisotopic (exact) mass is 1270 g/mol. The Morgan fingerprint density at radius 2 is 0.814 bits per heavy atom. The van der Waals surface area contributed by atoms with Gasteiger partial charge in [0.2, 0.25) is 69.7 Å². The van der Waals surface area contributed by atoms with Gasteiger partial charge < -0.3 is 27.5 Å². The summed E-state index contributed by atoms with van der Waals surface area (Å²) < 4.78 is 263. The van der Waals surface area contributed by atoms with Crippen LogP contribution in [0.2, 0.25) is 5.15 Å². The Morgan fingerprint density at radius 3 is 1.26 bits per heavy atom. The van der Waals surface area contributed by atoms with Crippen LogP contribution in [0.1, 0.15) is 0 Å². The van der Waals surface area contributed by atoms with E-state index in [9.17, 15) is 78.3 Å². The predicted molar refractivity (Wildman–Crippen MR) is 281 cm³/mol. The van der Waals surface area contributed by atoms with Crippen molar-refractivity contribution in [2.75, 3.05) is 14.2 Å². The van der Waals surface area contributed by atoms with Gasteiger partial charge in [-0.15, -0.1) is 0 Å². The van der Waals surface area contributed by atoms with Gasteiger partial charge in [-0.05, 0) is 124 Å². The molecule has 0 aliphatic carbocycles. The van der Waals surface area contributed by atoms with Crippen LogP contribution >= 0.6 is 11.6 Å². The molecule has 2 heterocycles. The minimum atomic E-state index is -5.07. The van der Waals surface area contributed by atoms with E-state index in [0.717, 1.165) is 48.5 Å². The van der Waals surface area contributed by atoms with Crippen molar-refractivity contribution in [1.82, 2.24) is 9.97 Å². The van der Waals surface area contributed by atoms with E-state index < -0.39 is 123 Å². The number of methoxy groups -OCH3 is 2. The number of pyridine rings is 2. The van der Waals surface area contributed by atoms with E-state index in [2.05, 4.69) is 18.3 Å². The molecule has 0 spiro atoms. The summed E-state index contributed by atoms with van der Waals surface area (Å²) in [5.41, 5.74) is 2.37. The van der Waals surface area contributed by atoms with E-state index in [1.807, 2.05) is 0 Å². The number of hydrogen-bond donors (Lipinski definition) is 1. The van der Waals surface area contributed by atoms with Gasteiger partial charge in [-0.25, -0.2) is 48.9 Å². The fourth-order valence-electron chi connectivity index (χ4n) is 7.94. The van der Waals surface area contributed by atoms with Crippen molar-refractivity contribution >= 4 is 61.1 Å². The molecule has 0 aliphatic rings. The van der Waals surface area contributed by atoms with Crippen molar-refractivity contribution in [3.8, 4) is 62.3 Å². The lowest BCUT2D eigenvalue weighted by molar-refractivity contribution is 0.346. The van der Waals surface area contributed by atoms with Crippen molar-refractivity contribution in [2.45, 2.75) is 9.79 Å². The van der Waals surface area contributed by atoms with Gasteiger partial charge in [0.1, 0.15) is 49.7 Å². The highest BCUT2D eigenvalue weighted by molar-refractivity contribution is 7.87. The molecule has 30 heteroatoms. The van der Waals surface area contributed by atoms with Crippen LogP contribution < -0.4 is 22.5 Å². The molecule has 1 radical (unpaired) electrons. The van der Waals surface area contributed by atoms with Crippen molar-refractivity contribution in [2.24, 2.45) is 0 Å². The van der Waals surface area contributed by atoms with E-state index in [4.69, 9.17) is 30.8 Å². The van der Waals surface area contributed by atoms with Gasteiger partial charge in [-0.3, -0.25) is 4.98 Å². The fourth-order valence-corrected chi connectivity index (χ4v) is 10.1. The molecular weight excluding hydrogens is 1240 g/mol. The number of ether oxygens (including phenoxy) is 2. The molecule has 12 nitrogen and oxygen atoms in total. The highest BCUT2D eigenvalue weighted by Gasteiger charge is 2.33. The van der Waals surface area contributed by atoms with E-state index in [1.165, 1.54) is 75.1 Å². The molecule has 1 N–H and O–H groups in total. The maximum Gasteiger partial charge on any atom is 0.569 e. The summed E-state index contributed by atoms with van der Waals surface area (Å²) in [6.45, 7) is 0. The van der Waals surface area contributed by atoms with Gasteiger partial charge in [-0.1, -0.05) is 29.8 Å². The third kappa shape index (κ3) is 13.2. The second-order valence-corrected chi connectivity index (χ2v) is 20.7. The molecule has 86 heavy (non-hydrogen) atoms. The standard InChI is InChI=1S/C28H14F7NO4S.C15H5ClF5NO3S.C13H10BF2O3/c1-39-21-11-13(15-8-16(29)12-17(30)9-15)2-4-20(21)27-19-5-3-18(10-14(19)6-7-36-27)41(37,38)40-28-25(34)23(32)22(31)24(33)26(28)35;16-15-8-2-1-7(5-6(8)3-4-22-15)26(23,24)25-14-12(20)10(18)9(17)11(19)13(14)21;1-18-13-6-8(2-3-12(13)19-14-17)9-4-10(15)7-11(16)5-9/h2-12H,1H3;1-5H;2-7,17H,1H3. The number of aromatic nitrogens is 2. The number of fused-ring (bicyclic) bond motifs is 2. The molecule has 10 aromatic rings. The van der Waals surface area contributed by atoms with Crippen molar-refractivity contribution < 1.29 is 106 Å². The molecule has 0 atom stereocenters. The average molecular weight is 1270 g/mol. The first kappa shape index (κ1) is 62.9. The van der Waals surface area contributed by atoms with Gasteiger partial charge in [-0.2, -0.15) is 34.4 Å². The van der Waals surface area contributed by atoms with Crippen molar-refractivity contribution in [3.63, 3.8) is 0 Å². The third-order valence-electron chi connectivity index (χ3n) is 11.9. The summed E-state index contributed by atoms with van der Waals surface area (Å²) in [6.07, 6.45) is 2.61. The fraction of sp³-hybridized carbons (Fsp3) is 0.0357. The first-order valence-corrected chi connectivity index (χ1v) is 26.6. The Bertz CT molecular complexity index is 4460. The van der Waals surface area contributed by atoms with Crippen LogP contribution in [-0.2, 0) is 20.2 Å². The Balaban J connectivity index is 0.000000182. The van der Waals surface area contributed by atoms with Gasteiger partial charge >= 0.3 is 27.9 Å². The normalized spacial score (nSPS) is 11.3. The molecule has 0 aliphatic heterocycles. The molecule has 0 saturated carbocycles. The second kappa shape index (κ2) is 25.6. The maximum atomic E-state index is 14.0. The summed E-state index contributed by atoms with van der Waals surface area (Å²) in [5.74, 6) is -29.9. The number of nitrogens with zero attached hydrogens (tertiary/aromatic N) is 2. The Labute approximate surface area is 481 Å². The summed E-state index contributed by atoms with van der Waals surface area (Å²) in [6, 6.07) is 25.1. The summed E-state index contributed by atoms with van der Waals surface area (Å²) in [5, 5.41) is 9.98. The smallest absolute Gasteiger partial charge is 0.535 e. The highest BCUT2D eigenvalue weighted by Crippen LogP contribution is 2.40. The van der Waals surface area contributed by atoms with Gasteiger partial charge in [0, 0.05) is 40.9 Å². The van der Waals surface area contributed by atoms with E-state index in [1.54, 1.807) is 24.3 Å². The largest absolute Gasteiger partial charge is 0.569 e. The average Bonchev–Trinajstić information content (AvgIpc) is 1.21. The van der Waals surface area contributed by atoms with Gasteiger partial charge in [0.15, 0.2) is 5.75 Å². The zero-order chi connectivity index (χ0) is 62.7.